The summed E-state index contributed by atoms with van der Waals surface area (Å²) in [7, 11) is 1.55. The Morgan fingerprint density at radius 3 is 2.71 bits per heavy atom. The standard InChI is InChI=1S/C30H30FN7O3/c1-4-37-19(2)28(30(40)38(37)22-8-6-5-7-9-22)29(39)33-21-17-24(23-16-20(31)10-11-25(23)41-3)35(18-21)27-13-12-26-32-14-15-36(26)34-27/h5-16,21,24H,4,17-18H2,1-3H3,(H,33,39)/t21-,24+/m0/s1. The van der Waals surface area contributed by atoms with Gasteiger partial charge in [-0.1, -0.05) is 18.2 Å². The van der Waals surface area contributed by atoms with Crippen LogP contribution >= 0.6 is 0 Å². The molecule has 6 rings (SSSR count). The zero-order chi connectivity index (χ0) is 28.7. The second-order valence-electron chi connectivity index (χ2n) is 10.0. The molecule has 0 unspecified atom stereocenters. The van der Waals surface area contributed by atoms with E-state index in [1.807, 2.05) is 54.3 Å². The highest BCUT2D eigenvalue weighted by Crippen LogP contribution is 2.40. The molecule has 10 nitrogen and oxygen atoms in total. The first kappa shape index (κ1) is 26.3. The molecule has 1 saturated heterocycles. The highest BCUT2D eigenvalue weighted by atomic mass is 19.1. The lowest BCUT2D eigenvalue weighted by molar-refractivity contribution is 0.0938. The second kappa shape index (κ2) is 10.6. The number of hydrogen-bond acceptors (Lipinski definition) is 6. The lowest BCUT2D eigenvalue weighted by atomic mass is 10.0. The molecule has 210 valence electrons. The van der Waals surface area contributed by atoms with Crippen molar-refractivity contribution in [3.05, 3.63) is 106 Å². The lowest BCUT2D eigenvalue weighted by Gasteiger charge is -2.27. The van der Waals surface area contributed by atoms with Crippen molar-refractivity contribution in [3.63, 3.8) is 0 Å². The van der Waals surface area contributed by atoms with E-state index < -0.39 is 5.91 Å². The van der Waals surface area contributed by atoms with E-state index in [0.29, 0.717) is 53.7 Å². The van der Waals surface area contributed by atoms with Crippen LogP contribution in [0.15, 0.2) is 77.9 Å². The van der Waals surface area contributed by atoms with Gasteiger partial charge in [0.1, 0.15) is 22.9 Å². The van der Waals surface area contributed by atoms with Gasteiger partial charge in [-0.15, -0.1) is 5.10 Å². The van der Waals surface area contributed by atoms with Crippen molar-refractivity contribution in [1.29, 1.82) is 0 Å². The topological polar surface area (TPSA) is 98.7 Å². The molecule has 1 aliphatic heterocycles. The number of carbonyl (C=O) groups is 1. The Hall–Kier alpha value is -4.93. The summed E-state index contributed by atoms with van der Waals surface area (Å²) in [4.78, 5) is 33.5. The highest BCUT2D eigenvalue weighted by molar-refractivity contribution is 5.95. The van der Waals surface area contributed by atoms with Gasteiger partial charge in [-0.2, -0.15) is 0 Å². The molecule has 1 amide bonds. The van der Waals surface area contributed by atoms with Crippen LogP contribution in [0.5, 0.6) is 5.75 Å². The quantitative estimate of drug-likeness (QED) is 0.327. The molecule has 41 heavy (non-hydrogen) atoms. The molecule has 4 heterocycles. The van der Waals surface area contributed by atoms with Gasteiger partial charge in [0, 0.05) is 37.1 Å². The number of nitrogens with one attached hydrogen (secondary N) is 1. The zero-order valence-electron chi connectivity index (χ0n) is 23.0. The maximum atomic E-state index is 14.5. The SMILES string of the molecule is CCn1c(C)c(C(=O)N[C@H]2C[C@H](c3cc(F)ccc3OC)N(c3ccc4nccn4n3)C2)c(=O)n1-c1ccccc1. The van der Waals surface area contributed by atoms with E-state index in [4.69, 9.17) is 9.84 Å². The van der Waals surface area contributed by atoms with Gasteiger partial charge < -0.3 is 15.0 Å². The summed E-state index contributed by atoms with van der Waals surface area (Å²) in [5, 5.41) is 7.79. The molecule has 1 fully saturated rings. The smallest absolute Gasteiger partial charge is 0.284 e. The Bertz CT molecular complexity index is 1790. The van der Waals surface area contributed by atoms with E-state index in [-0.39, 0.29) is 29.0 Å². The predicted molar refractivity (Wildman–Crippen MR) is 152 cm³/mol. The number of nitrogens with zero attached hydrogens (tertiary/aromatic N) is 6. The minimum Gasteiger partial charge on any atom is -0.496 e. The van der Waals surface area contributed by atoms with Crippen LogP contribution < -0.4 is 20.5 Å². The monoisotopic (exact) mass is 555 g/mol. The first-order valence-corrected chi connectivity index (χ1v) is 13.5. The fourth-order valence-corrected chi connectivity index (χ4v) is 5.79. The summed E-state index contributed by atoms with van der Waals surface area (Å²) in [6.45, 7) is 4.63. The Morgan fingerprint density at radius 1 is 1.15 bits per heavy atom. The third-order valence-electron chi connectivity index (χ3n) is 7.65. The van der Waals surface area contributed by atoms with E-state index in [1.54, 1.807) is 41.7 Å². The molecule has 2 atom stereocenters. The van der Waals surface area contributed by atoms with Crippen molar-refractivity contribution in [2.75, 3.05) is 18.6 Å². The maximum absolute atomic E-state index is 14.5. The van der Waals surface area contributed by atoms with Crippen LogP contribution in [0, 0.1) is 12.7 Å². The van der Waals surface area contributed by atoms with Gasteiger partial charge in [-0.25, -0.2) is 18.6 Å². The van der Waals surface area contributed by atoms with Crippen LogP contribution in [0.3, 0.4) is 0 Å². The summed E-state index contributed by atoms with van der Waals surface area (Å²) in [5.41, 5.74) is 2.35. The van der Waals surface area contributed by atoms with Crippen molar-refractivity contribution in [3.8, 4) is 11.4 Å². The lowest BCUT2D eigenvalue weighted by Crippen LogP contribution is -2.39. The number of carbonyl (C=O) groups excluding carboxylic acids is 1. The summed E-state index contributed by atoms with van der Waals surface area (Å²) in [6.07, 6.45) is 3.87. The van der Waals surface area contributed by atoms with Gasteiger partial charge in [-0.3, -0.25) is 14.3 Å². The first-order valence-electron chi connectivity index (χ1n) is 13.5. The number of aromatic nitrogens is 5. The molecule has 11 heteroatoms. The number of ether oxygens (including phenoxy) is 1. The van der Waals surface area contributed by atoms with Crippen molar-refractivity contribution in [1.82, 2.24) is 29.3 Å². The van der Waals surface area contributed by atoms with Crippen LogP contribution in [0.2, 0.25) is 0 Å². The number of amides is 1. The molecule has 0 bridgehead atoms. The fourth-order valence-electron chi connectivity index (χ4n) is 5.79. The van der Waals surface area contributed by atoms with Crippen LogP contribution in [-0.4, -0.2) is 49.6 Å². The molecule has 0 saturated carbocycles. The normalized spacial score (nSPS) is 16.8. The van der Waals surface area contributed by atoms with Crippen molar-refractivity contribution in [2.24, 2.45) is 0 Å². The molecule has 2 aromatic carbocycles. The Kier molecular flexibility index (Phi) is 6.78. The first-order chi connectivity index (χ1) is 19.9. The molecule has 0 aliphatic carbocycles. The molecule has 5 aromatic rings. The van der Waals surface area contributed by atoms with Gasteiger partial charge in [0.2, 0.25) is 0 Å². The summed E-state index contributed by atoms with van der Waals surface area (Å²) in [6, 6.07) is 16.7. The summed E-state index contributed by atoms with van der Waals surface area (Å²) < 4.78 is 25.0. The zero-order valence-corrected chi connectivity index (χ0v) is 23.0. The molecule has 3 aromatic heterocycles. The predicted octanol–water partition coefficient (Wildman–Crippen LogP) is 3.91. The minimum atomic E-state index is -0.445. The van der Waals surface area contributed by atoms with Crippen molar-refractivity contribution >= 4 is 17.4 Å². The van der Waals surface area contributed by atoms with E-state index in [2.05, 4.69) is 10.3 Å². The Labute approximate surface area is 235 Å². The third-order valence-corrected chi connectivity index (χ3v) is 7.65. The molecular weight excluding hydrogens is 525 g/mol. The maximum Gasteiger partial charge on any atom is 0.284 e. The average Bonchev–Trinajstić information content (AvgIpc) is 3.68. The Balaban J connectivity index is 1.35. The van der Waals surface area contributed by atoms with E-state index >= 15 is 0 Å². The fraction of sp³-hybridized carbons (Fsp3) is 0.267. The van der Waals surface area contributed by atoms with E-state index in [9.17, 15) is 14.0 Å². The van der Waals surface area contributed by atoms with Gasteiger partial charge in [0.25, 0.3) is 11.5 Å². The summed E-state index contributed by atoms with van der Waals surface area (Å²) >= 11 is 0. The van der Waals surface area contributed by atoms with Crippen LogP contribution in [0.4, 0.5) is 10.2 Å². The van der Waals surface area contributed by atoms with Crippen LogP contribution in [-0.2, 0) is 6.54 Å². The van der Waals surface area contributed by atoms with Gasteiger partial charge in [0.15, 0.2) is 5.65 Å². The molecule has 1 N–H and O–H groups in total. The number of para-hydroxylation sites is 1. The van der Waals surface area contributed by atoms with Gasteiger partial charge >= 0.3 is 0 Å². The molecule has 1 aliphatic rings. The van der Waals surface area contributed by atoms with Crippen molar-refractivity contribution < 1.29 is 13.9 Å². The third kappa shape index (κ3) is 4.62. The number of fused-ring (bicyclic) bond motifs is 1. The number of halogens is 1. The number of benzene rings is 2. The largest absolute Gasteiger partial charge is 0.496 e. The number of rotatable bonds is 7. The Morgan fingerprint density at radius 2 is 1.95 bits per heavy atom. The van der Waals surface area contributed by atoms with Gasteiger partial charge in [-0.05, 0) is 62.7 Å². The van der Waals surface area contributed by atoms with E-state index in [1.165, 1.54) is 16.8 Å². The van der Waals surface area contributed by atoms with E-state index in [0.717, 1.165) is 0 Å². The van der Waals surface area contributed by atoms with Crippen LogP contribution in [0.1, 0.15) is 41.0 Å². The molecular formula is C30H30FN7O3. The number of imidazole rings is 1. The van der Waals surface area contributed by atoms with Gasteiger partial charge in [0.05, 0.1) is 24.5 Å². The second-order valence-corrected chi connectivity index (χ2v) is 10.0. The van der Waals surface area contributed by atoms with Crippen LogP contribution in [0.25, 0.3) is 11.3 Å². The summed E-state index contributed by atoms with van der Waals surface area (Å²) in [5.74, 6) is 0.352. The number of anilines is 1. The highest BCUT2D eigenvalue weighted by Gasteiger charge is 2.38. The van der Waals surface area contributed by atoms with Crippen molar-refractivity contribution in [2.45, 2.75) is 38.9 Å². The molecule has 0 radical (unpaired) electrons. The minimum absolute atomic E-state index is 0.104. The average molecular weight is 556 g/mol. The molecule has 0 spiro atoms. The number of methoxy groups -OCH3 is 1. The number of hydrogen-bond donors (Lipinski definition) is 1.